The van der Waals surface area contributed by atoms with Crippen LogP contribution in [0.3, 0.4) is 0 Å². The molecule has 1 fully saturated rings. The number of halogens is 1. The van der Waals surface area contributed by atoms with Crippen molar-refractivity contribution in [2.45, 2.75) is 18.9 Å². The van der Waals surface area contributed by atoms with Crippen molar-refractivity contribution in [1.82, 2.24) is 4.90 Å². The molecule has 0 N–H and O–H groups in total. The predicted octanol–water partition coefficient (Wildman–Crippen LogP) is 2.25. The van der Waals surface area contributed by atoms with Crippen LogP contribution in [0, 0.1) is 0 Å². The highest BCUT2D eigenvalue weighted by Gasteiger charge is 2.26. The number of benzene rings is 1. The van der Waals surface area contributed by atoms with E-state index >= 15 is 0 Å². The number of rotatable bonds is 4. The average molecular weight is 328 g/mol. The summed E-state index contributed by atoms with van der Waals surface area (Å²) in [5, 5.41) is 0. The molecular weight excluding hydrogens is 310 g/mol. The van der Waals surface area contributed by atoms with Gasteiger partial charge in [0.25, 0.3) is 0 Å². The number of carbonyl (C=O) groups is 1. The average Bonchev–Trinajstić information content (AvgIpc) is 2.88. The fourth-order valence-corrected chi connectivity index (χ4v) is 2.72. The molecule has 1 aromatic rings. The van der Waals surface area contributed by atoms with Crippen LogP contribution in [0.25, 0.3) is 0 Å². The predicted molar refractivity (Wildman–Crippen MR) is 76.4 cm³/mol. The quantitative estimate of drug-likeness (QED) is 0.851. The first-order valence-corrected chi connectivity index (χ1v) is 7.06. The Labute approximate surface area is 121 Å². The number of nitrogens with zero attached hydrogens (tertiary/aromatic N) is 1. The molecule has 0 radical (unpaired) electrons. The van der Waals surface area contributed by atoms with Gasteiger partial charge in [-0.1, -0.05) is 15.9 Å². The number of hydrogen-bond acceptors (Lipinski definition) is 3. The monoisotopic (exact) mass is 327 g/mol. The minimum Gasteiger partial charge on any atom is -0.496 e. The molecule has 1 atom stereocenters. The number of amides is 1. The lowest BCUT2D eigenvalue weighted by molar-refractivity contribution is -0.129. The van der Waals surface area contributed by atoms with Gasteiger partial charge in [-0.3, -0.25) is 4.79 Å². The van der Waals surface area contributed by atoms with Gasteiger partial charge in [-0.15, -0.1) is 0 Å². The van der Waals surface area contributed by atoms with E-state index in [-0.39, 0.29) is 12.0 Å². The van der Waals surface area contributed by atoms with E-state index in [2.05, 4.69) is 15.9 Å². The lowest BCUT2D eigenvalue weighted by atomic mass is 10.1. The van der Waals surface area contributed by atoms with Crippen LogP contribution >= 0.6 is 15.9 Å². The van der Waals surface area contributed by atoms with Crippen molar-refractivity contribution in [3.63, 3.8) is 0 Å². The number of ether oxygens (including phenoxy) is 2. The van der Waals surface area contributed by atoms with Gasteiger partial charge in [-0.25, -0.2) is 0 Å². The normalized spacial score (nSPS) is 18.7. The molecule has 5 heteroatoms. The van der Waals surface area contributed by atoms with Crippen molar-refractivity contribution in [3.05, 3.63) is 28.2 Å². The lowest BCUT2D eigenvalue weighted by Crippen LogP contribution is -2.31. The third-order valence-corrected chi connectivity index (χ3v) is 3.91. The van der Waals surface area contributed by atoms with Gasteiger partial charge in [0, 0.05) is 30.2 Å². The second-order valence-corrected chi connectivity index (χ2v) is 5.53. The van der Waals surface area contributed by atoms with Crippen LogP contribution in [0.2, 0.25) is 0 Å². The molecule has 1 aliphatic rings. The van der Waals surface area contributed by atoms with Gasteiger partial charge in [0.15, 0.2) is 0 Å². The Morgan fingerprint density at radius 3 is 2.89 bits per heavy atom. The maximum atomic E-state index is 12.3. The van der Waals surface area contributed by atoms with E-state index in [9.17, 15) is 4.79 Å². The Bertz CT molecular complexity index is 464. The highest BCUT2D eigenvalue weighted by molar-refractivity contribution is 9.10. The van der Waals surface area contributed by atoms with Crippen LogP contribution in [0.15, 0.2) is 22.7 Å². The molecule has 0 aromatic heterocycles. The van der Waals surface area contributed by atoms with Crippen molar-refractivity contribution in [3.8, 4) is 5.75 Å². The SMILES string of the molecule is COc1ccc(Br)cc1CC(=O)N1CCC(OC)C1. The molecular formula is C14H18BrNO3. The van der Waals surface area contributed by atoms with E-state index in [1.807, 2.05) is 23.1 Å². The molecule has 1 aromatic carbocycles. The van der Waals surface area contributed by atoms with E-state index in [0.29, 0.717) is 13.0 Å². The molecule has 104 valence electrons. The Kier molecular flexibility index (Phi) is 4.82. The second kappa shape index (κ2) is 6.39. The van der Waals surface area contributed by atoms with E-state index in [1.54, 1.807) is 14.2 Å². The zero-order valence-corrected chi connectivity index (χ0v) is 12.8. The second-order valence-electron chi connectivity index (χ2n) is 4.62. The Morgan fingerprint density at radius 2 is 2.26 bits per heavy atom. The van der Waals surface area contributed by atoms with Crippen molar-refractivity contribution in [2.24, 2.45) is 0 Å². The van der Waals surface area contributed by atoms with Crippen molar-refractivity contribution in [1.29, 1.82) is 0 Å². The summed E-state index contributed by atoms with van der Waals surface area (Å²) in [6.45, 7) is 1.46. The summed E-state index contributed by atoms with van der Waals surface area (Å²) in [4.78, 5) is 14.1. The maximum Gasteiger partial charge on any atom is 0.227 e. The minimum atomic E-state index is 0.121. The molecule has 1 aliphatic heterocycles. The summed E-state index contributed by atoms with van der Waals surface area (Å²) in [5.41, 5.74) is 0.905. The number of methoxy groups -OCH3 is 2. The van der Waals surface area contributed by atoms with E-state index in [1.165, 1.54) is 0 Å². The first-order chi connectivity index (χ1) is 9.13. The van der Waals surface area contributed by atoms with Crippen LogP contribution in [0.5, 0.6) is 5.75 Å². The molecule has 0 aliphatic carbocycles. The smallest absolute Gasteiger partial charge is 0.227 e. The molecule has 1 heterocycles. The summed E-state index contributed by atoms with van der Waals surface area (Å²) in [7, 11) is 3.31. The first-order valence-electron chi connectivity index (χ1n) is 6.27. The van der Waals surface area contributed by atoms with Gasteiger partial charge in [0.05, 0.1) is 19.6 Å². The topological polar surface area (TPSA) is 38.8 Å². The molecule has 0 bridgehead atoms. The summed E-state index contributed by atoms with van der Waals surface area (Å²) in [5.74, 6) is 0.870. The van der Waals surface area contributed by atoms with E-state index in [4.69, 9.17) is 9.47 Å². The fourth-order valence-electron chi connectivity index (χ4n) is 2.31. The van der Waals surface area contributed by atoms with Gasteiger partial charge in [0.1, 0.15) is 5.75 Å². The highest BCUT2D eigenvalue weighted by Crippen LogP contribution is 2.24. The molecule has 19 heavy (non-hydrogen) atoms. The van der Waals surface area contributed by atoms with Crippen LogP contribution in [-0.2, 0) is 16.0 Å². The van der Waals surface area contributed by atoms with Gasteiger partial charge in [-0.05, 0) is 24.6 Å². The number of likely N-dealkylation sites (tertiary alicyclic amines) is 1. The van der Waals surface area contributed by atoms with E-state index in [0.717, 1.165) is 28.8 Å². The summed E-state index contributed by atoms with van der Waals surface area (Å²) in [6, 6.07) is 5.71. The lowest BCUT2D eigenvalue weighted by Gasteiger charge is -2.17. The Balaban J connectivity index is 2.05. The van der Waals surface area contributed by atoms with Gasteiger partial charge in [-0.2, -0.15) is 0 Å². The fraction of sp³-hybridized carbons (Fsp3) is 0.500. The zero-order chi connectivity index (χ0) is 13.8. The molecule has 2 rings (SSSR count). The standard InChI is InChI=1S/C14H18BrNO3/c1-18-12-5-6-16(9-12)14(17)8-10-7-11(15)3-4-13(10)19-2/h3-4,7,12H,5-6,8-9H2,1-2H3. The van der Waals surface area contributed by atoms with Gasteiger partial charge in [0.2, 0.25) is 5.91 Å². The van der Waals surface area contributed by atoms with Gasteiger partial charge >= 0.3 is 0 Å². The molecule has 1 unspecified atom stereocenters. The Hall–Kier alpha value is -1.07. The summed E-state index contributed by atoms with van der Waals surface area (Å²) in [6.07, 6.45) is 1.45. The molecule has 0 spiro atoms. The minimum absolute atomic E-state index is 0.121. The first kappa shape index (κ1) is 14.3. The summed E-state index contributed by atoms with van der Waals surface area (Å²) < 4.78 is 11.5. The number of carbonyl (C=O) groups excluding carboxylic acids is 1. The van der Waals surface area contributed by atoms with Crippen LogP contribution < -0.4 is 4.74 Å². The van der Waals surface area contributed by atoms with E-state index < -0.39 is 0 Å². The third kappa shape index (κ3) is 3.48. The van der Waals surface area contributed by atoms with Crippen molar-refractivity contribution in [2.75, 3.05) is 27.3 Å². The zero-order valence-electron chi connectivity index (χ0n) is 11.2. The number of hydrogen-bond donors (Lipinski definition) is 0. The van der Waals surface area contributed by atoms with Crippen LogP contribution in [0.1, 0.15) is 12.0 Å². The molecule has 0 saturated carbocycles. The summed E-state index contributed by atoms with van der Waals surface area (Å²) >= 11 is 3.42. The van der Waals surface area contributed by atoms with Crippen LogP contribution in [0.4, 0.5) is 0 Å². The molecule has 4 nitrogen and oxygen atoms in total. The van der Waals surface area contributed by atoms with Crippen molar-refractivity contribution >= 4 is 21.8 Å². The van der Waals surface area contributed by atoms with Gasteiger partial charge < -0.3 is 14.4 Å². The maximum absolute atomic E-state index is 12.3. The Morgan fingerprint density at radius 1 is 1.47 bits per heavy atom. The highest BCUT2D eigenvalue weighted by atomic mass is 79.9. The largest absolute Gasteiger partial charge is 0.496 e. The van der Waals surface area contributed by atoms with Crippen molar-refractivity contribution < 1.29 is 14.3 Å². The molecule has 1 saturated heterocycles. The van der Waals surface area contributed by atoms with Crippen LogP contribution in [-0.4, -0.2) is 44.2 Å². The third-order valence-electron chi connectivity index (χ3n) is 3.42. The molecule has 1 amide bonds.